The van der Waals surface area contributed by atoms with Crippen LogP contribution >= 0.6 is 0 Å². The van der Waals surface area contributed by atoms with E-state index in [0.29, 0.717) is 11.3 Å². The van der Waals surface area contributed by atoms with Crippen LogP contribution in [0.15, 0.2) is 42.6 Å². The summed E-state index contributed by atoms with van der Waals surface area (Å²) in [6.07, 6.45) is -2.91. The summed E-state index contributed by atoms with van der Waals surface area (Å²) in [5.74, 6) is -0.192. The van der Waals surface area contributed by atoms with Crippen molar-refractivity contribution in [2.45, 2.75) is 6.18 Å². The molecule has 0 N–H and O–H groups in total. The normalized spacial score (nSPS) is 11.3. The molecule has 0 fully saturated rings. The molecule has 18 heavy (non-hydrogen) atoms. The number of alkyl halides is 3. The Morgan fingerprint density at radius 1 is 1.11 bits per heavy atom. The van der Waals surface area contributed by atoms with Crippen molar-refractivity contribution < 1.29 is 17.9 Å². The molecule has 0 aliphatic carbocycles. The van der Waals surface area contributed by atoms with E-state index >= 15 is 0 Å². The minimum atomic E-state index is -4.45. The topological polar surface area (TPSA) is 22.1 Å². The smallest absolute Gasteiger partial charge is 0.419 e. The predicted molar refractivity (Wildman–Crippen MR) is 61.2 cm³/mol. The highest BCUT2D eigenvalue weighted by Crippen LogP contribution is 2.38. The lowest BCUT2D eigenvalue weighted by molar-refractivity contribution is -0.138. The summed E-state index contributed by atoms with van der Waals surface area (Å²) in [6, 6.07) is 8.98. The number of ether oxygens (including phenoxy) is 1. The van der Waals surface area contributed by atoms with Crippen LogP contribution in [0.2, 0.25) is 0 Å². The fourth-order valence-corrected chi connectivity index (χ4v) is 1.62. The Hall–Kier alpha value is -2.04. The van der Waals surface area contributed by atoms with Gasteiger partial charge in [-0.2, -0.15) is 13.2 Å². The molecule has 1 aromatic heterocycles. The second kappa shape index (κ2) is 4.68. The standard InChI is InChI=1S/C13H10F3NO/c1-18-12-6-5-9(8-10(12)13(14,15)16)11-4-2-3-7-17-11/h2-8H,1H3. The summed E-state index contributed by atoms with van der Waals surface area (Å²) in [5, 5.41) is 0. The average molecular weight is 253 g/mol. The van der Waals surface area contributed by atoms with Gasteiger partial charge in [0.15, 0.2) is 0 Å². The first kappa shape index (κ1) is 12.4. The van der Waals surface area contributed by atoms with Gasteiger partial charge in [0.2, 0.25) is 0 Å². The zero-order valence-corrected chi connectivity index (χ0v) is 9.53. The van der Waals surface area contributed by atoms with Crippen LogP contribution < -0.4 is 4.74 Å². The van der Waals surface area contributed by atoms with E-state index in [4.69, 9.17) is 4.74 Å². The number of methoxy groups -OCH3 is 1. The monoisotopic (exact) mass is 253 g/mol. The average Bonchev–Trinajstić information content (AvgIpc) is 2.38. The molecule has 0 aliphatic rings. The van der Waals surface area contributed by atoms with Gasteiger partial charge in [-0.25, -0.2) is 0 Å². The molecule has 0 radical (unpaired) electrons. The second-order valence-electron chi connectivity index (χ2n) is 3.63. The molecule has 2 nitrogen and oxygen atoms in total. The van der Waals surface area contributed by atoms with Crippen LogP contribution in [-0.2, 0) is 6.18 Å². The van der Waals surface area contributed by atoms with Crippen molar-refractivity contribution in [2.75, 3.05) is 7.11 Å². The van der Waals surface area contributed by atoms with E-state index in [1.807, 2.05) is 0 Å². The first-order chi connectivity index (χ1) is 8.52. The molecule has 0 unspecified atom stereocenters. The maximum Gasteiger partial charge on any atom is 0.419 e. The van der Waals surface area contributed by atoms with E-state index in [9.17, 15) is 13.2 Å². The third kappa shape index (κ3) is 2.45. The summed E-state index contributed by atoms with van der Waals surface area (Å²) in [7, 11) is 1.21. The largest absolute Gasteiger partial charge is 0.496 e. The highest BCUT2D eigenvalue weighted by atomic mass is 19.4. The molecule has 5 heteroatoms. The third-order valence-electron chi connectivity index (χ3n) is 2.47. The van der Waals surface area contributed by atoms with Crippen molar-refractivity contribution in [1.82, 2.24) is 4.98 Å². The zero-order valence-electron chi connectivity index (χ0n) is 9.53. The molecule has 0 spiro atoms. The Bertz CT molecular complexity index is 538. The summed E-state index contributed by atoms with van der Waals surface area (Å²) in [6.45, 7) is 0. The van der Waals surface area contributed by atoms with E-state index in [1.54, 1.807) is 24.3 Å². The molecule has 0 aliphatic heterocycles. The number of rotatable bonds is 2. The highest BCUT2D eigenvalue weighted by molar-refractivity contribution is 5.62. The fraction of sp³-hybridized carbons (Fsp3) is 0.154. The van der Waals surface area contributed by atoms with E-state index in [0.717, 1.165) is 6.07 Å². The molecule has 1 heterocycles. The maximum atomic E-state index is 12.8. The van der Waals surface area contributed by atoms with Crippen molar-refractivity contribution >= 4 is 0 Å². The Morgan fingerprint density at radius 3 is 2.44 bits per heavy atom. The minimum Gasteiger partial charge on any atom is -0.496 e. The van der Waals surface area contributed by atoms with Crippen LogP contribution in [-0.4, -0.2) is 12.1 Å². The Labute approximate surface area is 102 Å². The van der Waals surface area contributed by atoms with Crippen molar-refractivity contribution in [3.8, 4) is 17.0 Å². The summed E-state index contributed by atoms with van der Waals surface area (Å²) < 4.78 is 43.2. The second-order valence-corrected chi connectivity index (χ2v) is 3.63. The molecule has 0 saturated carbocycles. The Morgan fingerprint density at radius 2 is 1.89 bits per heavy atom. The number of halogens is 3. The van der Waals surface area contributed by atoms with Gasteiger partial charge in [-0.15, -0.1) is 0 Å². The van der Waals surface area contributed by atoms with E-state index in [-0.39, 0.29) is 5.75 Å². The third-order valence-corrected chi connectivity index (χ3v) is 2.47. The van der Waals surface area contributed by atoms with Crippen LogP contribution in [0.1, 0.15) is 5.56 Å². The van der Waals surface area contributed by atoms with Crippen LogP contribution in [0.25, 0.3) is 11.3 Å². The Kier molecular flexibility index (Phi) is 3.23. The van der Waals surface area contributed by atoms with Gasteiger partial charge in [0.1, 0.15) is 5.75 Å². The van der Waals surface area contributed by atoms with Gasteiger partial charge in [-0.3, -0.25) is 4.98 Å². The predicted octanol–water partition coefficient (Wildman–Crippen LogP) is 3.78. The van der Waals surface area contributed by atoms with Crippen LogP contribution in [0.4, 0.5) is 13.2 Å². The summed E-state index contributed by atoms with van der Waals surface area (Å²) >= 11 is 0. The van der Waals surface area contributed by atoms with Crippen molar-refractivity contribution in [3.63, 3.8) is 0 Å². The van der Waals surface area contributed by atoms with Crippen molar-refractivity contribution in [2.24, 2.45) is 0 Å². The highest BCUT2D eigenvalue weighted by Gasteiger charge is 2.34. The molecular weight excluding hydrogens is 243 g/mol. The molecule has 0 amide bonds. The van der Waals surface area contributed by atoms with E-state index in [1.165, 1.54) is 19.4 Å². The zero-order chi connectivity index (χ0) is 13.2. The quantitative estimate of drug-likeness (QED) is 0.812. The van der Waals surface area contributed by atoms with Gasteiger partial charge < -0.3 is 4.74 Å². The molecule has 2 rings (SSSR count). The number of hydrogen-bond acceptors (Lipinski definition) is 2. The molecular formula is C13H10F3NO. The number of hydrogen-bond donors (Lipinski definition) is 0. The van der Waals surface area contributed by atoms with Gasteiger partial charge in [0, 0.05) is 11.8 Å². The Balaban J connectivity index is 2.53. The first-order valence-electron chi connectivity index (χ1n) is 5.19. The number of nitrogens with zero attached hydrogens (tertiary/aromatic N) is 1. The lowest BCUT2D eigenvalue weighted by Crippen LogP contribution is -2.07. The maximum absolute atomic E-state index is 12.8. The van der Waals surface area contributed by atoms with Crippen LogP contribution in [0.3, 0.4) is 0 Å². The summed E-state index contributed by atoms with van der Waals surface area (Å²) in [4.78, 5) is 4.02. The minimum absolute atomic E-state index is 0.192. The first-order valence-corrected chi connectivity index (χ1v) is 5.19. The number of benzene rings is 1. The number of pyridine rings is 1. The van der Waals surface area contributed by atoms with E-state index < -0.39 is 11.7 Å². The van der Waals surface area contributed by atoms with Gasteiger partial charge in [-0.1, -0.05) is 6.07 Å². The molecule has 0 bridgehead atoms. The molecule has 0 saturated heterocycles. The molecule has 1 aromatic carbocycles. The van der Waals surface area contributed by atoms with Crippen molar-refractivity contribution in [1.29, 1.82) is 0 Å². The fourth-order valence-electron chi connectivity index (χ4n) is 1.62. The van der Waals surface area contributed by atoms with Crippen LogP contribution in [0, 0.1) is 0 Å². The van der Waals surface area contributed by atoms with E-state index in [2.05, 4.69) is 4.98 Å². The van der Waals surface area contributed by atoms with Crippen LogP contribution in [0.5, 0.6) is 5.75 Å². The SMILES string of the molecule is COc1ccc(-c2ccccn2)cc1C(F)(F)F. The number of aromatic nitrogens is 1. The lowest BCUT2D eigenvalue weighted by Gasteiger charge is -2.13. The van der Waals surface area contributed by atoms with Gasteiger partial charge in [0.05, 0.1) is 18.4 Å². The van der Waals surface area contributed by atoms with Gasteiger partial charge in [0.25, 0.3) is 0 Å². The lowest BCUT2D eigenvalue weighted by atomic mass is 10.1. The molecule has 2 aromatic rings. The summed E-state index contributed by atoms with van der Waals surface area (Å²) in [5.41, 5.74) is 0.0996. The van der Waals surface area contributed by atoms with Gasteiger partial charge >= 0.3 is 6.18 Å². The molecule has 94 valence electrons. The van der Waals surface area contributed by atoms with Crippen molar-refractivity contribution in [3.05, 3.63) is 48.2 Å². The van der Waals surface area contributed by atoms with Gasteiger partial charge in [-0.05, 0) is 30.3 Å². The molecule has 0 atom stereocenters.